The summed E-state index contributed by atoms with van der Waals surface area (Å²) in [7, 11) is 0. The Bertz CT molecular complexity index is 606. The van der Waals surface area contributed by atoms with Crippen LogP contribution in [0.15, 0.2) is 30.6 Å². The number of carbonyl (C=O) groups is 1. The van der Waals surface area contributed by atoms with Crippen LogP contribution < -0.4 is 5.32 Å². The third-order valence-corrected chi connectivity index (χ3v) is 3.81. The van der Waals surface area contributed by atoms with Gasteiger partial charge in [0.1, 0.15) is 5.52 Å². The van der Waals surface area contributed by atoms with Crippen molar-refractivity contribution in [2.75, 3.05) is 6.54 Å². The molecule has 2 rings (SSSR count). The Hall–Kier alpha value is -2.01. The third-order valence-electron chi connectivity index (χ3n) is 3.81. The highest BCUT2D eigenvalue weighted by molar-refractivity contribution is 6.04. The fourth-order valence-electron chi connectivity index (χ4n) is 2.47. The molecule has 0 aliphatic rings. The van der Waals surface area contributed by atoms with Gasteiger partial charge in [0, 0.05) is 18.9 Å². The first-order valence-corrected chi connectivity index (χ1v) is 7.33. The molecule has 1 aromatic carbocycles. The Kier molecular flexibility index (Phi) is 5.22. The number of hydrogen-bond donors (Lipinski definition) is 2. The van der Waals surface area contributed by atoms with Crippen LogP contribution in [-0.2, 0) is 0 Å². The van der Waals surface area contributed by atoms with Crippen molar-refractivity contribution in [3.63, 3.8) is 0 Å². The van der Waals surface area contributed by atoms with Gasteiger partial charge in [-0.2, -0.15) is 0 Å². The second-order valence-electron chi connectivity index (χ2n) is 5.08. The Morgan fingerprint density at radius 1 is 1.24 bits per heavy atom. The maximum absolute atomic E-state index is 12.3. The number of nitrogens with zero attached hydrogens (tertiary/aromatic N) is 2. The Morgan fingerprint density at radius 3 is 2.67 bits per heavy atom. The topological polar surface area (TPSA) is 75.1 Å². The molecule has 1 unspecified atom stereocenters. The van der Waals surface area contributed by atoms with E-state index in [1.807, 2.05) is 19.9 Å². The predicted octanol–water partition coefficient (Wildman–Crippen LogP) is 2.16. The van der Waals surface area contributed by atoms with Gasteiger partial charge in [-0.3, -0.25) is 14.8 Å². The highest BCUT2D eigenvalue weighted by Crippen LogP contribution is 2.15. The monoisotopic (exact) mass is 287 g/mol. The minimum absolute atomic E-state index is 0.206. The van der Waals surface area contributed by atoms with Crippen LogP contribution in [0.25, 0.3) is 11.0 Å². The zero-order valence-electron chi connectivity index (χ0n) is 12.4. The van der Waals surface area contributed by atoms with Crippen LogP contribution in [0.4, 0.5) is 0 Å². The second kappa shape index (κ2) is 7.13. The summed E-state index contributed by atoms with van der Waals surface area (Å²) in [5, 5.41) is 12.9. The molecule has 0 bridgehead atoms. The summed E-state index contributed by atoms with van der Waals surface area (Å²) in [6.07, 6.45) is 4.43. The number of rotatable bonds is 6. The quantitative estimate of drug-likeness (QED) is 0.853. The van der Waals surface area contributed by atoms with Gasteiger partial charge in [0.25, 0.3) is 5.91 Å². The van der Waals surface area contributed by atoms with Crippen molar-refractivity contribution in [1.82, 2.24) is 15.3 Å². The fraction of sp³-hybridized carbons (Fsp3) is 0.438. The minimum atomic E-state index is -0.523. The molecule has 0 aliphatic carbocycles. The summed E-state index contributed by atoms with van der Waals surface area (Å²) >= 11 is 0. The van der Waals surface area contributed by atoms with Crippen molar-refractivity contribution in [2.24, 2.45) is 5.92 Å². The van der Waals surface area contributed by atoms with Crippen molar-refractivity contribution in [2.45, 2.75) is 32.8 Å². The van der Waals surface area contributed by atoms with Crippen LogP contribution in [-0.4, -0.2) is 33.6 Å². The molecule has 0 aliphatic heterocycles. The number of amides is 1. The number of hydrogen-bond acceptors (Lipinski definition) is 4. The molecular weight excluding hydrogens is 266 g/mol. The van der Waals surface area contributed by atoms with E-state index in [1.54, 1.807) is 24.5 Å². The maximum atomic E-state index is 12.3. The van der Waals surface area contributed by atoms with Gasteiger partial charge in [-0.1, -0.05) is 32.8 Å². The summed E-state index contributed by atoms with van der Waals surface area (Å²) in [5.41, 5.74) is 1.75. The van der Waals surface area contributed by atoms with Crippen LogP contribution in [0.3, 0.4) is 0 Å². The molecule has 2 aromatic rings. The first kappa shape index (κ1) is 15.4. The first-order chi connectivity index (χ1) is 10.2. The van der Waals surface area contributed by atoms with Crippen molar-refractivity contribution < 1.29 is 9.90 Å². The van der Waals surface area contributed by atoms with Gasteiger partial charge >= 0.3 is 0 Å². The van der Waals surface area contributed by atoms with Gasteiger partial charge in [-0.25, -0.2) is 0 Å². The molecule has 1 aromatic heterocycles. The highest BCUT2D eigenvalue weighted by Gasteiger charge is 2.17. The third kappa shape index (κ3) is 3.55. The second-order valence-corrected chi connectivity index (χ2v) is 5.08. The van der Waals surface area contributed by atoms with E-state index in [0.717, 1.165) is 12.8 Å². The van der Waals surface area contributed by atoms with Crippen molar-refractivity contribution in [3.05, 3.63) is 36.2 Å². The molecule has 0 radical (unpaired) electrons. The van der Waals surface area contributed by atoms with E-state index < -0.39 is 6.10 Å². The van der Waals surface area contributed by atoms with Gasteiger partial charge in [-0.05, 0) is 18.1 Å². The molecule has 21 heavy (non-hydrogen) atoms. The number of fused-ring (bicyclic) bond motifs is 1. The number of carbonyl (C=O) groups excluding carboxylic acids is 1. The smallest absolute Gasteiger partial charge is 0.253 e. The molecule has 0 saturated heterocycles. The fourth-order valence-corrected chi connectivity index (χ4v) is 2.47. The van der Waals surface area contributed by atoms with E-state index >= 15 is 0 Å². The normalized spacial score (nSPS) is 12.6. The number of aromatic nitrogens is 2. The predicted molar refractivity (Wildman–Crippen MR) is 82.0 cm³/mol. The van der Waals surface area contributed by atoms with Crippen LogP contribution in [0.2, 0.25) is 0 Å². The zero-order chi connectivity index (χ0) is 15.2. The minimum Gasteiger partial charge on any atom is -0.391 e. The van der Waals surface area contributed by atoms with Crippen LogP contribution >= 0.6 is 0 Å². The summed E-state index contributed by atoms with van der Waals surface area (Å²) in [5.74, 6) is -0.0243. The zero-order valence-corrected chi connectivity index (χ0v) is 12.4. The Labute approximate surface area is 124 Å². The van der Waals surface area contributed by atoms with Gasteiger partial charge in [-0.15, -0.1) is 0 Å². The van der Waals surface area contributed by atoms with Gasteiger partial charge in [0.15, 0.2) is 0 Å². The molecule has 0 saturated carbocycles. The van der Waals surface area contributed by atoms with Crippen LogP contribution in [0.1, 0.15) is 37.0 Å². The lowest BCUT2D eigenvalue weighted by molar-refractivity contribution is 0.0817. The average Bonchev–Trinajstić information content (AvgIpc) is 2.53. The number of benzene rings is 1. The van der Waals surface area contributed by atoms with Gasteiger partial charge < -0.3 is 10.4 Å². The number of aliphatic hydroxyl groups is 1. The number of aliphatic hydroxyl groups excluding tert-OH is 1. The van der Waals surface area contributed by atoms with E-state index in [1.165, 1.54) is 0 Å². The van der Waals surface area contributed by atoms with Crippen molar-refractivity contribution in [1.29, 1.82) is 0 Å². The Morgan fingerprint density at radius 2 is 1.95 bits per heavy atom. The summed E-state index contributed by atoms with van der Waals surface area (Å²) in [4.78, 5) is 20.7. The standard InChI is InChI=1S/C16H21N3O2/c1-3-11(4-2)14(20)10-19-16(21)12-6-5-7-13-15(12)18-9-8-17-13/h5-9,11,14,20H,3-4,10H2,1-2H3,(H,19,21). The molecule has 1 heterocycles. The summed E-state index contributed by atoms with van der Waals surface area (Å²) in [6.45, 7) is 4.33. The molecule has 5 heteroatoms. The summed E-state index contributed by atoms with van der Waals surface area (Å²) in [6, 6.07) is 5.32. The molecule has 5 nitrogen and oxygen atoms in total. The highest BCUT2D eigenvalue weighted by atomic mass is 16.3. The van der Waals surface area contributed by atoms with E-state index in [-0.39, 0.29) is 18.4 Å². The van der Waals surface area contributed by atoms with Crippen molar-refractivity contribution >= 4 is 16.9 Å². The van der Waals surface area contributed by atoms with Crippen LogP contribution in [0, 0.1) is 5.92 Å². The van der Waals surface area contributed by atoms with Gasteiger partial charge in [0.05, 0.1) is 17.2 Å². The van der Waals surface area contributed by atoms with Gasteiger partial charge in [0.2, 0.25) is 0 Å². The van der Waals surface area contributed by atoms with Crippen molar-refractivity contribution in [3.8, 4) is 0 Å². The summed E-state index contributed by atoms with van der Waals surface area (Å²) < 4.78 is 0. The average molecular weight is 287 g/mol. The maximum Gasteiger partial charge on any atom is 0.253 e. The Balaban J connectivity index is 2.09. The molecule has 1 amide bonds. The largest absolute Gasteiger partial charge is 0.391 e. The molecule has 0 spiro atoms. The number of nitrogens with one attached hydrogen (secondary N) is 1. The van der Waals surface area contributed by atoms with E-state index in [9.17, 15) is 9.90 Å². The van der Waals surface area contributed by atoms with E-state index in [0.29, 0.717) is 16.6 Å². The SMILES string of the molecule is CCC(CC)C(O)CNC(=O)c1cccc2nccnc12. The van der Waals surface area contributed by atoms with E-state index in [2.05, 4.69) is 15.3 Å². The lowest BCUT2D eigenvalue weighted by atomic mass is 9.96. The molecule has 112 valence electrons. The first-order valence-electron chi connectivity index (χ1n) is 7.33. The molecule has 1 atom stereocenters. The van der Waals surface area contributed by atoms with E-state index in [4.69, 9.17) is 0 Å². The molecular formula is C16H21N3O2. The molecule has 0 fully saturated rings. The lowest BCUT2D eigenvalue weighted by Crippen LogP contribution is -2.36. The number of para-hydroxylation sites is 1. The molecule has 2 N–H and O–H groups in total. The lowest BCUT2D eigenvalue weighted by Gasteiger charge is -2.20. The van der Waals surface area contributed by atoms with Crippen LogP contribution in [0.5, 0.6) is 0 Å².